The number of carbonyl (C=O) groups excluding carboxylic acids is 4. The van der Waals surface area contributed by atoms with Crippen molar-refractivity contribution < 1.29 is 33.1 Å². The third-order valence-corrected chi connectivity index (χ3v) is 3.19. The van der Waals surface area contributed by atoms with Gasteiger partial charge in [0.25, 0.3) is 11.8 Å². The molecule has 0 aliphatic carbocycles. The molecule has 1 aromatic carbocycles. The van der Waals surface area contributed by atoms with Gasteiger partial charge in [-0.3, -0.25) is 14.9 Å². The zero-order valence-electron chi connectivity index (χ0n) is 14.0. The number of anilines is 1. The molecule has 26 heavy (non-hydrogen) atoms. The van der Waals surface area contributed by atoms with Crippen LogP contribution in [0.4, 0.5) is 10.5 Å². The molecule has 0 radical (unpaired) electrons. The van der Waals surface area contributed by atoms with Crippen molar-refractivity contribution in [3.8, 4) is 0 Å². The van der Waals surface area contributed by atoms with E-state index in [0.717, 1.165) is 7.11 Å². The van der Waals surface area contributed by atoms with E-state index >= 15 is 0 Å². The van der Waals surface area contributed by atoms with Crippen molar-refractivity contribution in [1.82, 2.24) is 5.32 Å². The van der Waals surface area contributed by atoms with E-state index in [1.54, 1.807) is 6.07 Å². The first-order valence-corrected chi connectivity index (χ1v) is 7.45. The highest BCUT2D eigenvalue weighted by atomic mass is 16.6. The van der Waals surface area contributed by atoms with Gasteiger partial charge in [-0.25, -0.2) is 9.59 Å². The Labute approximate surface area is 148 Å². The third kappa shape index (κ3) is 4.94. The zero-order valence-corrected chi connectivity index (χ0v) is 14.0. The average Bonchev–Trinajstić information content (AvgIpc) is 3.16. The number of hydrogen-bond acceptors (Lipinski definition) is 7. The Morgan fingerprint density at radius 1 is 1.08 bits per heavy atom. The number of imide groups is 1. The number of rotatable bonds is 5. The van der Waals surface area contributed by atoms with E-state index in [-0.39, 0.29) is 11.3 Å². The number of hydrogen-bond donors (Lipinski definition) is 2. The molecular weight excluding hydrogens is 344 g/mol. The molecule has 1 aromatic heterocycles. The number of methoxy groups -OCH3 is 1. The van der Waals surface area contributed by atoms with Gasteiger partial charge in [-0.2, -0.15) is 0 Å². The van der Waals surface area contributed by atoms with Crippen molar-refractivity contribution in [3.63, 3.8) is 0 Å². The molecule has 0 aliphatic heterocycles. The van der Waals surface area contributed by atoms with Crippen LogP contribution >= 0.6 is 0 Å². The molecule has 0 saturated heterocycles. The summed E-state index contributed by atoms with van der Waals surface area (Å²) in [5, 5.41) is 4.49. The largest absolute Gasteiger partial charge is 0.459 e. The molecule has 0 bridgehead atoms. The second-order valence-electron chi connectivity index (χ2n) is 5.04. The Kier molecular flexibility index (Phi) is 6.10. The van der Waals surface area contributed by atoms with Crippen LogP contribution in [-0.2, 0) is 14.3 Å². The minimum Gasteiger partial charge on any atom is -0.459 e. The number of ether oxygens (including phenoxy) is 2. The topological polar surface area (TPSA) is 124 Å². The van der Waals surface area contributed by atoms with Crippen LogP contribution in [0.1, 0.15) is 27.8 Å². The van der Waals surface area contributed by atoms with Crippen LogP contribution < -0.4 is 10.6 Å². The summed E-state index contributed by atoms with van der Waals surface area (Å²) in [6, 6.07) is 8.94. The summed E-state index contributed by atoms with van der Waals surface area (Å²) in [6.45, 7) is 1.31. The molecule has 9 nitrogen and oxygen atoms in total. The summed E-state index contributed by atoms with van der Waals surface area (Å²) in [5.41, 5.74) is 0.609. The smallest absolute Gasteiger partial charge is 0.413 e. The molecule has 0 fully saturated rings. The zero-order chi connectivity index (χ0) is 19.1. The van der Waals surface area contributed by atoms with Crippen molar-refractivity contribution in [1.29, 1.82) is 0 Å². The number of alkyl carbamates (subject to hydrolysis) is 1. The lowest BCUT2D eigenvalue weighted by Gasteiger charge is -2.12. The number of furan rings is 1. The lowest BCUT2D eigenvalue weighted by atomic mass is 10.2. The normalized spacial score (nSPS) is 11.2. The van der Waals surface area contributed by atoms with Gasteiger partial charge < -0.3 is 19.2 Å². The third-order valence-electron chi connectivity index (χ3n) is 3.19. The molecule has 2 aromatic rings. The minimum absolute atomic E-state index is 0.152. The molecule has 1 heterocycles. The van der Waals surface area contributed by atoms with E-state index in [1.165, 1.54) is 43.5 Å². The standard InChI is InChI=1S/C17H16N2O7/c1-10(14(20)19-17(23)24-2)26-16(22)11-5-7-12(8-6-11)18-15(21)13-4-3-9-25-13/h3-10H,1-2H3,(H,18,21)(H,19,20,23)/t10-/m1/s1. The van der Waals surface area contributed by atoms with Crippen molar-refractivity contribution in [2.24, 2.45) is 0 Å². The van der Waals surface area contributed by atoms with Gasteiger partial charge in [-0.1, -0.05) is 0 Å². The maximum atomic E-state index is 12.0. The van der Waals surface area contributed by atoms with Crippen LogP contribution in [0.2, 0.25) is 0 Å². The number of benzene rings is 1. The number of esters is 1. The summed E-state index contributed by atoms with van der Waals surface area (Å²) >= 11 is 0. The maximum absolute atomic E-state index is 12.0. The first kappa shape index (κ1) is 18.7. The molecule has 136 valence electrons. The van der Waals surface area contributed by atoms with Crippen LogP contribution in [0.25, 0.3) is 0 Å². The Morgan fingerprint density at radius 2 is 1.77 bits per heavy atom. The first-order chi connectivity index (χ1) is 12.4. The first-order valence-electron chi connectivity index (χ1n) is 7.45. The quantitative estimate of drug-likeness (QED) is 0.781. The monoisotopic (exact) mass is 360 g/mol. The highest BCUT2D eigenvalue weighted by molar-refractivity contribution is 6.02. The molecular formula is C17H16N2O7. The summed E-state index contributed by atoms with van der Waals surface area (Å²) in [5.74, 6) is -1.86. The molecule has 9 heteroatoms. The molecule has 3 amide bonds. The molecule has 2 rings (SSSR count). The van der Waals surface area contributed by atoms with E-state index in [0.29, 0.717) is 5.69 Å². The van der Waals surface area contributed by atoms with Gasteiger partial charge in [0.1, 0.15) is 0 Å². The van der Waals surface area contributed by atoms with Crippen LogP contribution in [0.3, 0.4) is 0 Å². The van der Waals surface area contributed by atoms with Gasteiger partial charge in [0, 0.05) is 5.69 Å². The SMILES string of the molecule is COC(=O)NC(=O)[C@@H](C)OC(=O)c1ccc(NC(=O)c2ccco2)cc1. The predicted octanol–water partition coefficient (Wildman–Crippen LogP) is 1.96. The second kappa shape index (κ2) is 8.47. The lowest BCUT2D eigenvalue weighted by Crippen LogP contribution is -2.39. The molecule has 0 unspecified atom stereocenters. The molecule has 0 spiro atoms. The molecule has 0 aliphatic rings. The van der Waals surface area contributed by atoms with Crippen LogP contribution in [0, 0.1) is 0 Å². The van der Waals surface area contributed by atoms with Gasteiger partial charge >= 0.3 is 12.1 Å². The van der Waals surface area contributed by atoms with Gasteiger partial charge in [0.15, 0.2) is 11.9 Å². The van der Waals surface area contributed by atoms with Crippen molar-refractivity contribution in [2.45, 2.75) is 13.0 Å². The van der Waals surface area contributed by atoms with E-state index in [9.17, 15) is 19.2 Å². The number of amides is 3. The molecule has 2 N–H and O–H groups in total. The van der Waals surface area contributed by atoms with E-state index < -0.39 is 30.0 Å². The van der Waals surface area contributed by atoms with Crippen LogP contribution in [0.5, 0.6) is 0 Å². The lowest BCUT2D eigenvalue weighted by molar-refractivity contribution is -0.128. The molecule has 0 saturated carbocycles. The van der Waals surface area contributed by atoms with E-state index in [2.05, 4.69) is 10.1 Å². The fourth-order valence-corrected chi connectivity index (χ4v) is 1.83. The van der Waals surface area contributed by atoms with Gasteiger partial charge in [0.2, 0.25) is 0 Å². The Balaban J connectivity index is 1.92. The summed E-state index contributed by atoms with van der Waals surface area (Å²) in [4.78, 5) is 46.4. The molecule has 1 atom stereocenters. The highest BCUT2D eigenvalue weighted by Crippen LogP contribution is 2.13. The minimum atomic E-state index is -1.19. The van der Waals surface area contributed by atoms with Crippen LogP contribution in [-0.4, -0.2) is 37.1 Å². The Hall–Kier alpha value is -3.62. The van der Waals surface area contributed by atoms with Crippen molar-refractivity contribution >= 4 is 29.6 Å². The number of nitrogens with one attached hydrogen (secondary N) is 2. The predicted molar refractivity (Wildman–Crippen MR) is 88.5 cm³/mol. The van der Waals surface area contributed by atoms with E-state index in [4.69, 9.17) is 9.15 Å². The van der Waals surface area contributed by atoms with Gasteiger partial charge in [-0.15, -0.1) is 0 Å². The van der Waals surface area contributed by atoms with Gasteiger partial charge in [0.05, 0.1) is 18.9 Å². The summed E-state index contributed by atoms with van der Waals surface area (Å²) < 4.78 is 14.2. The summed E-state index contributed by atoms with van der Waals surface area (Å²) in [7, 11) is 1.10. The number of carbonyl (C=O) groups is 4. The van der Waals surface area contributed by atoms with E-state index in [1.807, 2.05) is 5.32 Å². The van der Waals surface area contributed by atoms with Crippen molar-refractivity contribution in [2.75, 3.05) is 12.4 Å². The Bertz CT molecular complexity index is 797. The average molecular weight is 360 g/mol. The summed E-state index contributed by atoms with van der Waals surface area (Å²) in [6.07, 6.45) is -0.764. The Morgan fingerprint density at radius 3 is 2.35 bits per heavy atom. The van der Waals surface area contributed by atoms with Gasteiger partial charge in [-0.05, 0) is 43.3 Å². The van der Waals surface area contributed by atoms with Crippen LogP contribution in [0.15, 0.2) is 47.1 Å². The second-order valence-corrected chi connectivity index (χ2v) is 5.04. The highest BCUT2D eigenvalue weighted by Gasteiger charge is 2.21. The maximum Gasteiger partial charge on any atom is 0.413 e. The fourth-order valence-electron chi connectivity index (χ4n) is 1.83. The van der Waals surface area contributed by atoms with Crippen molar-refractivity contribution in [3.05, 3.63) is 54.0 Å². The fraction of sp³-hybridized carbons (Fsp3) is 0.176.